The Kier molecular flexibility index (Phi) is 9.44. The summed E-state index contributed by atoms with van der Waals surface area (Å²) in [5.74, 6) is -0.232. The van der Waals surface area contributed by atoms with Crippen LogP contribution < -0.4 is 0 Å². The Morgan fingerprint density at radius 1 is 1.00 bits per heavy atom. The first kappa shape index (κ1) is 21.9. The smallest absolute Gasteiger partial charge is 0.311 e. The Labute approximate surface area is 141 Å². The predicted molar refractivity (Wildman–Crippen MR) is 90.0 cm³/mol. The second kappa shape index (κ2) is 9.91. The van der Waals surface area contributed by atoms with Crippen LogP contribution in [-0.4, -0.2) is 38.9 Å². The number of carbonyl (C=O) groups is 2. The lowest BCUT2D eigenvalue weighted by Crippen LogP contribution is -2.41. The van der Waals surface area contributed by atoms with Crippen LogP contribution in [0.2, 0.25) is 0 Å². The fourth-order valence-electron chi connectivity index (χ4n) is 3.09. The Morgan fingerprint density at radius 2 is 1.61 bits per heavy atom. The molecule has 0 rings (SSSR count). The highest BCUT2D eigenvalue weighted by Crippen LogP contribution is 2.42. The minimum absolute atomic E-state index is 0.238. The van der Waals surface area contributed by atoms with Crippen molar-refractivity contribution in [2.24, 2.45) is 16.7 Å². The van der Waals surface area contributed by atoms with Crippen molar-refractivity contribution in [3.05, 3.63) is 0 Å². The Bertz CT molecular complexity index is 380. The lowest BCUT2D eigenvalue weighted by molar-refractivity contribution is -0.164. The molecule has 0 N–H and O–H groups in total. The minimum Gasteiger partial charge on any atom is -0.469 e. The van der Waals surface area contributed by atoms with Gasteiger partial charge in [-0.05, 0) is 46.0 Å². The zero-order valence-corrected chi connectivity index (χ0v) is 15.9. The van der Waals surface area contributed by atoms with Crippen LogP contribution in [0.5, 0.6) is 0 Å². The summed E-state index contributed by atoms with van der Waals surface area (Å²) in [5, 5.41) is 0. The number of esters is 2. The van der Waals surface area contributed by atoms with Crippen LogP contribution in [0, 0.1) is 16.7 Å². The third kappa shape index (κ3) is 6.90. The van der Waals surface area contributed by atoms with Crippen molar-refractivity contribution in [1.29, 1.82) is 0 Å². The molecular weight excluding hydrogens is 296 g/mol. The molecule has 0 aliphatic carbocycles. The van der Waals surface area contributed by atoms with Crippen molar-refractivity contribution in [2.75, 3.05) is 26.9 Å². The Morgan fingerprint density at radius 3 is 2.04 bits per heavy atom. The molecular formula is C18H34O5. The standard InChI is InChI=1S/C18H34O5/c1-8-17(5,15(19)21-7)13-18(6,12-14(3)4)16(20)23-11-10-22-9-2/h14H,8-13H2,1-7H3. The summed E-state index contributed by atoms with van der Waals surface area (Å²) in [6, 6.07) is 0. The molecule has 136 valence electrons. The second-order valence-electron chi connectivity index (χ2n) is 7.07. The van der Waals surface area contributed by atoms with E-state index in [1.54, 1.807) is 0 Å². The fraction of sp³-hybridized carbons (Fsp3) is 0.889. The summed E-state index contributed by atoms with van der Waals surface area (Å²) in [7, 11) is 1.39. The van der Waals surface area contributed by atoms with Crippen LogP contribution in [0.4, 0.5) is 0 Å². The Balaban J connectivity index is 5.15. The van der Waals surface area contributed by atoms with Crippen molar-refractivity contribution in [1.82, 2.24) is 0 Å². The first-order chi connectivity index (χ1) is 10.6. The molecule has 0 aromatic heterocycles. The molecule has 0 saturated carbocycles. The topological polar surface area (TPSA) is 61.8 Å². The monoisotopic (exact) mass is 330 g/mol. The molecule has 2 atom stereocenters. The van der Waals surface area contributed by atoms with E-state index in [-0.39, 0.29) is 18.5 Å². The van der Waals surface area contributed by atoms with Crippen LogP contribution in [0.25, 0.3) is 0 Å². The molecule has 0 fully saturated rings. The number of carbonyl (C=O) groups excluding carboxylic acids is 2. The van der Waals surface area contributed by atoms with Gasteiger partial charge in [-0.25, -0.2) is 0 Å². The first-order valence-corrected chi connectivity index (χ1v) is 8.48. The van der Waals surface area contributed by atoms with Crippen molar-refractivity contribution < 1.29 is 23.8 Å². The molecule has 0 amide bonds. The molecule has 5 heteroatoms. The average molecular weight is 330 g/mol. The maximum Gasteiger partial charge on any atom is 0.311 e. The van der Waals surface area contributed by atoms with Gasteiger partial charge in [-0.1, -0.05) is 20.8 Å². The molecule has 0 aliphatic rings. The molecule has 0 heterocycles. The van der Waals surface area contributed by atoms with Crippen LogP contribution in [0.3, 0.4) is 0 Å². The average Bonchev–Trinajstić information content (AvgIpc) is 2.49. The summed E-state index contributed by atoms with van der Waals surface area (Å²) >= 11 is 0. The quantitative estimate of drug-likeness (QED) is 0.428. The van der Waals surface area contributed by atoms with E-state index < -0.39 is 10.8 Å². The van der Waals surface area contributed by atoms with Crippen LogP contribution in [-0.2, 0) is 23.8 Å². The van der Waals surface area contributed by atoms with E-state index in [0.29, 0.717) is 38.4 Å². The highest BCUT2D eigenvalue weighted by atomic mass is 16.6. The van der Waals surface area contributed by atoms with Gasteiger partial charge in [0.1, 0.15) is 6.61 Å². The number of rotatable bonds is 11. The summed E-state index contributed by atoms with van der Waals surface area (Å²) in [4.78, 5) is 24.8. The zero-order chi connectivity index (χ0) is 18.1. The highest BCUT2D eigenvalue weighted by Gasteiger charge is 2.45. The largest absolute Gasteiger partial charge is 0.469 e. The van der Waals surface area contributed by atoms with Gasteiger partial charge in [-0.3, -0.25) is 9.59 Å². The summed E-state index contributed by atoms with van der Waals surface area (Å²) in [5.41, 5.74) is -1.42. The van der Waals surface area contributed by atoms with Gasteiger partial charge >= 0.3 is 11.9 Å². The fourth-order valence-corrected chi connectivity index (χ4v) is 3.09. The summed E-state index contributed by atoms with van der Waals surface area (Å²) < 4.78 is 15.5. The zero-order valence-electron chi connectivity index (χ0n) is 15.9. The van der Waals surface area contributed by atoms with Crippen molar-refractivity contribution in [2.45, 2.75) is 60.8 Å². The second-order valence-corrected chi connectivity index (χ2v) is 7.07. The van der Waals surface area contributed by atoms with E-state index in [9.17, 15) is 9.59 Å². The summed E-state index contributed by atoms with van der Waals surface area (Å²) in [6.45, 7) is 12.9. The van der Waals surface area contributed by atoms with Gasteiger partial charge in [0.2, 0.25) is 0 Å². The molecule has 0 aromatic rings. The van der Waals surface area contributed by atoms with E-state index in [1.807, 2.05) is 27.7 Å². The number of methoxy groups -OCH3 is 1. The molecule has 0 bridgehead atoms. The van der Waals surface area contributed by atoms with Gasteiger partial charge in [-0.15, -0.1) is 0 Å². The SMILES string of the molecule is CCOCCOC(=O)C(C)(CC(C)C)CC(C)(CC)C(=O)OC. The molecule has 0 saturated heterocycles. The normalized spacial score (nSPS) is 16.5. The van der Waals surface area contributed by atoms with E-state index in [4.69, 9.17) is 14.2 Å². The number of ether oxygens (including phenoxy) is 3. The first-order valence-electron chi connectivity index (χ1n) is 8.48. The predicted octanol–water partition coefficient (Wildman–Crippen LogP) is 3.60. The van der Waals surface area contributed by atoms with Gasteiger partial charge in [0.05, 0.1) is 24.5 Å². The van der Waals surface area contributed by atoms with Gasteiger partial charge in [0.15, 0.2) is 0 Å². The van der Waals surface area contributed by atoms with E-state index >= 15 is 0 Å². The van der Waals surface area contributed by atoms with Crippen molar-refractivity contribution in [3.63, 3.8) is 0 Å². The van der Waals surface area contributed by atoms with E-state index in [0.717, 1.165) is 0 Å². The maximum absolute atomic E-state index is 12.6. The maximum atomic E-state index is 12.6. The third-order valence-corrected chi connectivity index (χ3v) is 4.26. The minimum atomic E-state index is -0.723. The van der Waals surface area contributed by atoms with Gasteiger partial charge in [0.25, 0.3) is 0 Å². The van der Waals surface area contributed by atoms with Gasteiger partial charge < -0.3 is 14.2 Å². The van der Waals surface area contributed by atoms with Crippen LogP contribution in [0.1, 0.15) is 60.8 Å². The lowest BCUT2D eigenvalue weighted by Gasteiger charge is -2.36. The molecule has 0 aromatic carbocycles. The van der Waals surface area contributed by atoms with E-state index in [2.05, 4.69) is 13.8 Å². The molecule has 0 aliphatic heterocycles. The van der Waals surface area contributed by atoms with Crippen molar-refractivity contribution >= 4 is 11.9 Å². The third-order valence-electron chi connectivity index (χ3n) is 4.26. The Hall–Kier alpha value is -1.10. The van der Waals surface area contributed by atoms with Crippen LogP contribution in [0.15, 0.2) is 0 Å². The molecule has 23 heavy (non-hydrogen) atoms. The van der Waals surface area contributed by atoms with Crippen LogP contribution >= 0.6 is 0 Å². The number of hydrogen-bond acceptors (Lipinski definition) is 5. The highest BCUT2D eigenvalue weighted by molar-refractivity contribution is 5.80. The van der Waals surface area contributed by atoms with Gasteiger partial charge in [-0.2, -0.15) is 0 Å². The molecule has 2 unspecified atom stereocenters. The summed E-state index contributed by atoms with van der Waals surface area (Å²) in [6.07, 6.45) is 1.68. The lowest BCUT2D eigenvalue weighted by atomic mass is 9.68. The van der Waals surface area contributed by atoms with E-state index in [1.165, 1.54) is 7.11 Å². The number of hydrogen-bond donors (Lipinski definition) is 0. The molecule has 5 nitrogen and oxygen atoms in total. The molecule has 0 radical (unpaired) electrons. The van der Waals surface area contributed by atoms with Gasteiger partial charge in [0, 0.05) is 6.61 Å². The molecule has 0 spiro atoms. The van der Waals surface area contributed by atoms with Crippen molar-refractivity contribution in [3.8, 4) is 0 Å².